The number of halogens is 3. The Labute approximate surface area is 102 Å². The molecule has 1 aromatic heterocycles. The van der Waals surface area contributed by atoms with Gasteiger partial charge in [-0.1, -0.05) is 0 Å². The quantitative estimate of drug-likeness (QED) is 0.482. The Bertz CT molecular complexity index is 473. The minimum absolute atomic E-state index is 0.114. The molecule has 0 spiro atoms. The Morgan fingerprint density at radius 1 is 1.69 bits per heavy atom. The minimum atomic E-state index is -2.86. The first-order valence-corrected chi connectivity index (χ1v) is 5.03. The lowest BCUT2D eigenvalue weighted by Gasteiger charge is -2.07. The second-order valence-corrected chi connectivity index (χ2v) is 3.88. The summed E-state index contributed by atoms with van der Waals surface area (Å²) < 4.78 is 25.5. The number of rotatable bonds is 3. The number of alkyl halides is 2. The van der Waals surface area contributed by atoms with Gasteiger partial charge in [0.15, 0.2) is 6.20 Å². The number of pyridine rings is 1. The van der Waals surface area contributed by atoms with Gasteiger partial charge in [-0.3, -0.25) is 0 Å². The smallest absolute Gasteiger partial charge is 0.358 e. The van der Waals surface area contributed by atoms with Crippen LogP contribution in [0, 0.1) is 25.0 Å². The summed E-state index contributed by atoms with van der Waals surface area (Å²) in [5.41, 5.74) is -0.793. The second kappa shape index (κ2) is 5.11. The first kappa shape index (κ1) is 12.7. The highest BCUT2D eigenvalue weighted by Crippen LogP contribution is 2.32. The van der Waals surface area contributed by atoms with Gasteiger partial charge in [-0.15, -0.1) is 0 Å². The third-order valence-corrected chi connectivity index (χ3v) is 2.66. The number of nitrogens with zero attached hydrogens (tertiary/aromatic N) is 3. The molecule has 84 valence electrons. The minimum Gasteiger partial charge on any atom is -0.358 e. The summed E-state index contributed by atoms with van der Waals surface area (Å²) in [6.07, 6.45) is -2.32. The molecule has 0 radical (unpaired) electrons. The fourth-order valence-corrected chi connectivity index (χ4v) is 1.88. The molecule has 1 heterocycles. The first-order valence-electron chi connectivity index (χ1n) is 3.95. The summed E-state index contributed by atoms with van der Waals surface area (Å²) in [5, 5.41) is 19.0. The van der Waals surface area contributed by atoms with Crippen LogP contribution in [0.25, 0.3) is 0 Å². The van der Waals surface area contributed by atoms with Gasteiger partial charge in [0.2, 0.25) is 0 Å². The van der Waals surface area contributed by atoms with Crippen molar-refractivity contribution in [2.75, 3.05) is 0 Å². The summed E-state index contributed by atoms with van der Waals surface area (Å²) in [6.45, 7) is 0. The van der Waals surface area contributed by atoms with Crippen molar-refractivity contribution in [2.45, 2.75) is 12.8 Å². The Kier molecular flexibility index (Phi) is 4.05. The summed E-state index contributed by atoms with van der Waals surface area (Å²) in [4.78, 5) is 13.2. The lowest BCUT2D eigenvalue weighted by molar-refractivity contribution is -0.390. The summed E-state index contributed by atoms with van der Waals surface area (Å²) in [5.74, 6) is -0.683. The Morgan fingerprint density at radius 3 is 2.75 bits per heavy atom. The number of nitriles is 1. The average Bonchev–Trinajstić information content (AvgIpc) is 2.17. The molecule has 0 bridgehead atoms. The van der Waals surface area contributed by atoms with Crippen molar-refractivity contribution < 1.29 is 13.7 Å². The molecular formula is C8H4F2IN3O2. The van der Waals surface area contributed by atoms with Crippen LogP contribution in [0.2, 0.25) is 0 Å². The average molecular weight is 339 g/mol. The lowest BCUT2D eigenvalue weighted by Crippen LogP contribution is -2.05. The van der Waals surface area contributed by atoms with E-state index in [0.29, 0.717) is 0 Å². The van der Waals surface area contributed by atoms with E-state index in [4.69, 9.17) is 5.26 Å². The van der Waals surface area contributed by atoms with Crippen LogP contribution >= 0.6 is 22.6 Å². The molecule has 0 aromatic carbocycles. The Hall–Kier alpha value is -1.37. The number of aromatic nitrogens is 1. The Balaban J connectivity index is 3.50. The molecule has 0 saturated heterocycles. The van der Waals surface area contributed by atoms with Crippen molar-refractivity contribution in [3.05, 3.63) is 31.0 Å². The molecule has 0 fully saturated rings. The van der Waals surface area contributed by atoms with Gasteiger partial charge in [0.1, 0.15) is 0 Å². The highest BCUT2D eigenvalue weighted by Gasteiger charge is 2.26. The molecule has 0 atom stereocenters. The van der Waals surface area contributed by atoms with Gasteiger partial charge in [-0.05, 0) is 32.5 Å². The fraction of sp³-hybridized carbons (Fsp3) is 0.250. The van der Waals surface area contributed by atoms with Gasteiger partial charge < -0.3 is 10.1 Å². The van der Waals surface area contributed by atoms with E-state index in [1.165, 1.54) is 0 Å². The van der Waals surface area contributed by atoms with E-state index >= 15 is 0 Å². The van der Waals surface area contributed by atoms with Crippen LogP contribution in [0.15, 0.2) is 6.20 Å². The van der Waals surface area contributed by atoms with E-state index in [-0.39, 0.29) is 9.13 Å². The van der Waals surface area contributed by atoms with E-state index in [1.54, 1.807) is 28.7 Å². The zero-order chi connectivity index (χ0) is 12.3. The Morgan fingerprint density at radius 2 is 2.31 bits per heavy atom. The SMILES string of the molecule is N#CCc1c([N+](=O)[O-])ncc(I)c1C(F)F. The maximum atomic E-state index is 12.7. The lowest BCUT2D eigenvalue weighted by atomic mass is 10.1. The number of hydrogen-bond acceptors (Lipinski definition) is 4. The van der Waals surface area contributed by atoms with Crippen molar-refractivity contribution in [1.29, 1.82) is 5.26 Å². The van der Waals surface area contributed by atoms with Gasteiger partial charge >= 0.3 is 5.82 Å². The predicted octanol–water partition coefficient (Wildman–Crippen LogP) is 2.60. The van der Waals surface area contributed by atoms with E-state index in [2.05, 4.69) is 4.98 Å². The molecular weight excluding hydrogens is 335 g/mol. The third kappa shape index (κ3) is 2.41. The third-order valence-electron chi connectivity index (χ3n) is 1.80. The summed E-state index contributed by atoms with van der Waals surface area (Å²) >= 11 is 1.61. The van der Waals surface area contributed by atoms with E-state index < -0.39 is 29.2 Å². The van der Waals surface area contributed by atoms with Gasteiger partial charge in [0, 0.05) is 5.56 Å². The fourth-order valence-electron chi connectivity index (χ4n) is 1.18. The molecule has 0 aliphatic heterocycles. The molecule has 16 heavy (non-hydrogen) atoms. The van der Waals surface area contributed by atoms with Crippen LogP contribution < -0.4 is 0 Å². The number of nitro groups is 1. The molecule has 5 nitrogen and oxygen atoms in total. The highest BCUT2D eigenvalue weighted by molar-refractivity contribution is 14.1. The van der Waals surface area contributed by atoms with Crippen LogP contribution in [0.1, 0.15) is 17.6 Å². The van der Waals surface area contributed by atoms with Crippen molar-refractivity contribution >= 4 is 28.4 Å². The number of hydrogen-bond donors (Lipinski definition) is 0. The van der Waals surface area contributed by atoms with Gasteiger partial charge in [0.05, 0.1) is 21.6 Å². The van der Waals surface area contributed by atoms with Crippen molar-refractivity contribution in [1.82, 2.24) is 4.98 Å². The van der Waals surface area contributed by atoms with Gasteiger partial charge in [0.25, 0.3) is 6.43 Å². The van der Waals surface area contributed by atoms with Crippen molar-refractivity contribution in [3.8, 4) is 6.07 Å². The predicted molar refractivity (Wildman–Crippen MR) is 57.9 cm³/mol. The topological polar surface area (TPSA) is 79.8 Å². The normalized spacial score (nSPS) is 10.2. The molecule has 0 amide bonds. The molecule has 0 saturated carbocycles. The van der Waals surface area contributed by atoms with Crippen molar-refractivity contribution in [3.63, 3.8) is 0 Å². The zero-order valence-electron chi connectivity index (χ0n) is 7.65. The van der Waals surface area contributed by atoms with E-state index in [1.807, 2.05) is 0 Å². The van der Waals surface area contributed by atoms with Gasteiger partial charge in [-0.25, -0.2) is 8.78 Å². The standard InChI is InChI=1S/C8H4F2IN3O2/c9-7(10)6-4(1-2-12)8(14(15)16)13-3-5(6)11/h3,7H,1H2. The van der Waals surface area contributed by atoms with Crippen LogP contribution in [0.3, 0.4) is 0 Å². The van der Waals surface area contributed by atoms with E-state index in [0.717, 1.165) is 6.20 Å². The first-order chi connectivity index (χ1) is 7.49. The van der Waals surface area contributed by atoms with Crippen LogP contribution in [-0.2, 0) is 6.42 Å². The van der Waals surface area contributed by atoms with Crippen LogP contribution in [0.4, 0.5) is 14.6 Å². The largest absolute Gasteiger partial charge is 0.368 e. The maximum absolute atomic E-state index is 12.7. The molecule has 0 unspecified atom stereocenters. The molecule has 0 aliphatic carbocycles. The second-order valence-electron chi connectivity index (χ2n) is 2.71. The van der Waals surface area contributed by atoms with Crippen LogP contribution in [0.5, 0.6) is 0 Å². The molecule has 8 heteroatoms. The maximum Gasteiger partial charge on any atom is 0.368 e. The molecule has 1 aromatic rings. The highest BCUT2D eigenvalue weighted by atomic mass is 127. The van der Waals surface area contributed by atoms with Gasteiger partial charge in [-0.2, -0.15) is 5.26 Å². The van der Waals surface area contributed by atoms with Crippen molar-refractivity contribution in [2.24, 2.45) is 0 Å². The van der Waals surface area contributed by atoms with E-state index in [9.17, 15) is 18.9 Å². The zero-order valence-corrected chi connectivity index (χ0v) is 9.81. The molecule has 1 rings (SSSR count). The van der Waals surface area contributed by atoms with Crippen LogP contribution in [-0.4, -0.2) is 9.91 Å². The molecule has 0 aliphatic rings. The molecule has 0 N–H and O–H groups in total. The summed E-state index contributed by atoms with van der Waals surface area (Å²) in [6, 6.07) is 1.62. The summed E-state index contributed by atoms with van der Waals surface area (Å²) in [7, 11) is 0. The monoisotopic (exact) mass is 339 g/mol.